The Kier molecular flexibility index (Phi) is 3.19. The average molecular weight is 185 g/mol. The van der Waals surface area contributed by atoms with Crippen molar-refractivity contribution in [3.05, 3.63) is 0 Å². The minimum absolute atomic E-state index is 0.0303. The topological polar surface area (TPSA) is 32.7 Å². The molecule has 13 heavy (non-hydrogen) atoms. The van der Waals surface area contributed by atoms with Gasteiger partial charge in [-0.2, -0.15) is 0 Å². The zero-order valence-electron chi connectivity index (χ0n) is 8.11. The van der Waals surface area contributed by atoms with Crippen molar-refractivity contribution in [1.82, 2.24) is 4.90 Å². The van der Waals surface area contributed by atoms with Gasteiger partial charge in [0.25, 0.3) is 0 Å². The van der Waals surface area contributed by atoms with E-state index < -0.39 is 0 Å². The van der Waals surface area contributed by atoms with Gasteiger partial charge in [0, 0.05) is 19.1 Å². The lowest BCUT2D eigenvalue weighted by molar-refractivity contribution is -0.00365. The van der Waals surface area contributed by atoms with Gasteiger partial charge in [-0.25, -0.2) is 0 Å². The highest BCUT2D eigenvalue weighted by Gasteiger charge is 2.25. The predicted octanol–water partition coefficient (Wildman–Crippen LogP) is 0.622. The van der Waals surface area contributed by atoms with Gasteiger partial charge in [0.1, 0.15) is 0 Å². The van der Waals surface area contributed by atoms with E-state index in [1.165, 1.54) is 12.8 Å². The summed E-state index contributed by atoms with van der Waals surface area (Å²) in [6.07, 6.45) is 4.28. The summed E-state index contributed by atoms with van der Waals surface area (Å²) in [4.78, 5) is 2.52. The molecule has 0 aromatic heterocycles. The monoisotopic (exact) mass is 185 g/mol. The van der Waals surface area contributed by atoms with Crippen LogP contribution in [0.15, 0.2) is 0 Å². The van der Waals surface area contributed by atoms with Crippen LogP contribution in [0.1, 0.15) is 25.7 Å². The van der Waals surface area contributed by atoms with Crippen LogP contribution in [-0.4, -0.2) is 48.5 Å². The number of hydrogen-bond acceptors (Lipinski definition) is 3. The highest BCUT2D eigenvalue weighted by Crippen LogP contribution is 2.23. The maximum Gasteiger partial charge on any atom is 0.0594 e. The van der Waals surface area contributed by atoms with Crippen molar-refractivity contribution < 1.29 is 9.84 Å². The van der Waals surface area contributed by atoms with Crippen molar-refractivity contribution in [1.29, 1.82) is 0 Å². The Morgan fingerprint density at radius 2 is 1.62 bits per heavy atom. The van der Waals surface area contributed by atoms with E-state index in [0.717, 1.165) is 39.1 Å². The van der Waals surface area contributed by atoms with Crippen molar-refractivity contribution in [2.75, 3.05) is 26.3 Å². The second-order valence-electron chi connectivity index (χ2n) is 4.11. The number of rotatable bonds is 1. The van der Waals surface area contributed by atoms with Crippen molar-refractivity contribution >= 4 is 0 Å². The fourth-order valence-electron chi connectivity index (χ4n) is 2.37. The van der Waals surface area contributed by atoms with Crippen LogP contribution in [0.2, 0.25) is 0 Å². The lowest BCUT2D eigenvalue weighted by Crippen LogP contribution is -2.45. The van der Waals surface area contributed by atoms with Crippen molar-refractivity contribution in [3.63, 3.8) is 0 Å². The summed E-state index contributed by atoms with van der Waals surface area (Å²) in [5, 5.41) is 9.38. The summed E-state index contributed by atoms with van der Waals surface area (Å²) >= 11 is 0. The first-order valence-electron chi connectivity index (χ1n) is 5.36. The number of ether oxygens (including phenoxy) is 1. The molecule has 0 amide bonds. The van der Waals surface area contributed by atoms with E-state index in [1.54, 1.807) is 0 Å². The van der Waals surface area contributed by atoms with Crippen molar-refractivity contribution in [3.8, 4) is 0 Å². The van der Waals surface area contributed by atoms with Crippen LogP contribution in [0.3, 0.4) is 0 Å². The minimum Gasteiger partial charge on any atom is -0.393 e. The van der Waals surface area contributed by atoms with Crippen LogP contribution in [0.25, 0.3) is 0 Å². The van der Waals surface area contributed by atoms with E-state index in [1.807, 2.05) is 0 Å². The molecule has 3 heteroatoms. The molecular weight excluding hydrogens is 166 g/mol. The molecule has 1 saturated heterocycles. The number of nitrogens with zero attached hydrogens (tertiary/aromatic N) is 1. The Hall–Kier alpha value is -0.120. The molecule has 1 N–H and O–H groups in total. The first kappa shape index (κ1) is 9.44. The van der Waals surface area contributed by atoms with Crippen molar-refractivity contribution in [2.45, 2.75) is 37.8 Å². The molecule has 0 radical (unpaired) electrons. The minimum atomic E-state index is -0.0303. The lowest BCUT2D eigenvalue weighted by Gasteiger charge is -2.37. The van der Waals surface area contributed by atoms with Crippen LogP contribution in [-0.2, 0) is 4.74 Å². The molecule has 1 aliphatic carbocycles. The van der Waals surface area contributed by atoms with Crippen LogP contribution in [0.4, 0.5) is 0 Å². The van der Waals surface area contributed by atoms with Gasteiger partial charge in [-0.15, -0.1) is 0 Å². The number of morpholine rings is 1. The molecule has 2 aliphatic rings. The third kappa shape index (κ3) is 2.42. The maximum absolute atomic E-state index is 9.38. The summed E-state index contributed by atoms with van der Waals surface area (Å²) < 4.78 is 5.32. The molecule has 3 nitrogen and oxygen atoms in total. The Balaban J connectivity index is 1.79. The molecule has 0 bridgehead atoms. The van der Waals surface area contributed by atoms with Crippen LogP contribution >= 0.6 is 0 Å². The molecule has 1 aliphatic heterocycles. The third-order valence-corrected chi connectivity index (χ3v) is 3.23. The van der Waals surface area contributed by atoms with E-state index in [-0.39, 0.29) is 6.10 Å². The van der Waals surface area contributed by atoms with Gasteiger partial charge in [0.05, 0.1) is 19.3 Å². The zero-order chi connectivity index (χ0) is 9.10. The Labute approximate surface area is 79.7 Å². The highest BCUT2D eigenvalue weighted by atomic mass is 16.5. The van der Waals surface area contributed by atoms with Gasteiger partial charge in [-0.3, -0.25) is 4.90 Å². The lowest BCUT2D eigenvalue weighted by atomic mass is 9.92. The zero-order valence-corrected chi connectivity index (χ0v) is 8.11. The summed E-state index contributed by atoms with van der Waals surface area (Å²) in [5.74, 6) is 0. The van der Waals surface area contributed by atoms with Gasteiger partial charge in [0.15, 0.2) is 0 Å². The highest BCUT2D eigenvalue weighted by molar-refractivity contribution is 4.80. The summed E-state index contributed by atoms with van der Waals surface area (Å²) in [6, 6.07) is 0.715. The van der Waals surface area contributed by atoms with E-state index in [9.17, 15) is 5.11 Å². The molecule has 1 saturated carbocycles. The van der Waals surface area contributed by atoms with Crippen LogP contribution in [0.5, 0.6) is 0 Å². The fraction of sp³-hybridized carbons (Fsp3) is 1.00. The van der Waals surface area contributed by atoms with Gasteiger partial charge in [-0.1, -0.05) is 0 Å². The van der Waals surface area contributed by atoms with E-state index in [2.05, 4.69) is 4.90 Å². The summed E-state index contributed by atoms with van der Waals surface area (Å²) in [6.45, 7) is 3.94. The summed E-state index contributed by atoms with van der Waals surface area (Å²) in [5.41, 5.74) is 0. The molecule has 0 aromatic carbocycles. The first-order chi connectivity index (χ1) is 6.36. The molecule has 0 atom stereocenters. The second kappa shape index (κ2) is 4.40. The van der Waals surface area contributed by atoms with Crippen LogP contribution < -0.4 is 0 Å². The average Bonchev–Trinajstić information content (AvgIpc) is 2.20. The SMILES string of the molecule is OC1CCC(N2CCOCC2)CC1. The fourth-order valence-corrected chi connectivity index (χ4v) is 2.37. The third-order valence-electron chi connectivity index (χ3n) is 3.23. The smallest absolute Gasteiger partial charge is 0.0594 e. The Morgan fingerprint density at radius 1 is 1.00 bits per heavy atom. The van der Waals surface area contributed by atoms with Gasteiger partial charge in [-0.05, 0) is 25.7 Å². The van der Waals surface area contributed by atoms with Crippen molar-refractivity contribution in [2.24, 2.45) is 0 Å². The first-order valence-corrected chi connectivity index (χ1v) is 5.36. The quantitative estimate of drug-likeness (QED) is 0.650. The van der Waals surface area contributed by atoms with Crippen LogP contribution in [0, 0.1) is 0 Å². The molecule has 2 fully saturated rings. The van der Waals surface area contributed by atoms with Gasteiger partial charge in [0.2, 0.25) is 0 Å². The standard InChI is InChI=1S/C10H19NO2/c12-10-3-1-9(2-4-10)11-5-7-13-8-6-11/h9-10,12H,1-8H2. The summed E-state index contributed by atoms with van der Waals surface area (Å²) in [7, 11) is 0. The molecule has 0 aromatic rings. The Bertz CT molecular complexity index is 149. The normalized spacial score (nSPS) is 37.6. The van der Waals surface area contributed by atoms with E-state index in [0.29, 0.717) is 6.04 Å². The van der Waals surface area contributed by atoms with E-state index in [4.69, 9.17) is 4.74 Å². The largest absolute Gasteiger partial charge is 0.393 e. The Morgan fingerprint density at radius 3 is 2.23 bits per heavy atom. The number of aliphatic hydroxyl groups excluding tert-OH is 1. The molecule has 0 unspecified atom stereocenters. The van der Waals surface area contributed by atoms with Gasteiger partial charge >= 0.3 is 0 Å². The number of aliphatic hydroxyl groups is 1. The molecular formula is C10H19NO2. The molecule has 2 rings (SSSR count). The second-order valence-corrected chi connectivity index (χ2v) is 4.11. The number of hydrogen-bond donors (Lipinski definition) is 1. The van der Waals surface area contributed by atoms with E-state index >= 15 is 0 Å². The molecule has 0 spiro atoms. The molecule has 1 heterocycles. The maximum atomic E-state index is 9.38. The molecule has 76 valence electrons. The van der Waals surface area contributed by atoms with Gasteiger partial charge < -0.3 is 9.84 Å². The predicted molar refractivity (Wildman–Crippen MR) is 50.7 cm³/mol.